The van der Waals surface area contributed by atoms with Gasteiger partial charge in [0.1, 0.15) is 16.8 Å². The van der Waals surface area contributed by atoms with E-state index in [1.54, 1.807) is 42.8 Å². The fraction of sp³-hybridized carbons (Fsp3) is 0.300. The molecule has 5 heterocycles. The van der Waals surface area contributed by atoms with Crippen LogP contribution in [0, 0.1) is 0 Å². The highest BCUT2D eigenvalue weighted by molar-refractivity contribution is 5.85. The van der Waals surface area contributed by atoms with Gasteiger partial charge in [0.15, 0.2) is 11.5 Å². The van der Waals surface area contributed by atoms with Gasteiger partial charge in [0.05, 0.1) is 17.8 Å². The summed E-state index contributed by atoms with van der Waals surface area (Å²) < 4.78 is 3.15. The summed E-state index contributed by atoms with van der Waals surface area (Å²) in [4.78, 5) is 36.6. The molecule has 0 saturated carbocycles. The Hall–Kier alpha value is -4.61. The van der Waals surface area contributed by atoms with Gasteiger partial charge in [-0.25, -0.2) is 24.3 Å². The van der Waals surface area contributed by atoms with Crippen LogP contribution in [-0.2, 0) is 12.1 Å². The molecule has 210 valence electrons. The summed E-state index contributed by atoms with van der Waals surface area (Å²) in [6.07, 6.45) is 3.16. The number of aromatic nitrogens is 6. The van der Waals surface area contributed by atoms with Crippen LogP contribution in [0.3, 0.4) is 0 Å². The van der Waals surface area contributed by atoms with Crippen LogP contribution in [0.25, 0.3) is 27.8 Å². The van der Waals surface area contributed by atoms with Crippen LogP contribution in [0.4, 0.5) is 17.5 Å². The van der Waals surface area contributed by atoms with Crippen LogP contribution >= 0.6 is 0 Å². The second kappa shape index (κ2) is 10.4. The highest BCUT2D eigenvalue weighted by atomic mass is 16.3. The maximum atomic E-state index is 13.3. The van der Waals surface area contributed by atoms with Crippen molar-refractivity contribution in [1.82, 2.24) is 34.2 Å². The van der Waals surface area contributed by atoms with E-state index in [1.165, 1.54) is 10.9 Å². The van der Waals surface area contributed by atoms with Crippen LogP contribution in [0.15, 0.2) is 72.2 Å². The molecule has 1 aliphatic heterocycles. The number of nitrogens with one attached hydrogen (secondary N) is 1. The van der Waals surface area contributed by atoms with Crippen molar-refractivity contribution in [3.8, 4) is 5.82 Å². The van der Waals surface area contributed by atoms with E-state index in [0.717, 1.165) is 48.6 Å². The van der Waals surface area contributed by atoms with E-state index >= 15 is 0 Å². The Morgan fingerprint density at radius 1 is 1.02 bits per heavy atom. The molecular weight excluding hydrogens is 518 g/mol. The molecule has 1 aromatic carbocycles. The van der Waals surface area contributed by atoms with Gasteiger partial charge in [-0.2, -0.15) is 4.98 Å². The van der Waals surface area contributed by atoms with Gasteiger partial charge in [-0.3, -0.25) is 4.79 Å². The maximum Gasteiger partial charge on any atom is 0.278 e. The highest BCUT2D eigenvalue weighted by Gasteiger charge is 2.22. The minimum Gasteiger partial charge on any atom is -0.384 e. The van der Waals surface area contributed by atoms with Crippen LogP contribution in [-0.4, -0.2) is 72.5 Å². The molecule has 1 saturated heterocycles. The first-order valence-electron chi connectivity index (χ1n) is 13.6. The molecule has 2 N–H and O–H groups in total. The summed E-state index contributed by atoms with van der Waals surface area (Å²) in [5.74, 6) is 1.78. The van der Waals surface area contributed by atoms with Gasteiger partial charge in [-0.1, -0.05) is 12.1 Å². The summed E-state index contributed by atoms with van der Waals surface area (Å²) in [5.41, 5.74) is 1.18. The van der Waals surface area contributed by atoms with E-state index in [4.69, 9.17) is 9.97 Å². The number of hydrogen-bond donors (Lipinski definition) is 2. The largest absolute Gasteiger partial charge is 0.384 e. The molecule has 6 rings (SSSR count). The van der Waals surface area contributed by atoms with Gasteiger partial charge >= 0.3 is 0 Å². The quantitative estimate of drug-likeness (QED) is 0.293. The van der Waals surface area contributed by atoms with Crippen LogP contribution in [0.1, 0.15) is 19.5 Å². The number of pyridine rings is 2. The number of aliphatic hydroxyl groups is 1. The topological polar surface area (TPSA) is 117 Å². The van der Waals surface area contributed by atoms with Crippen molar-refractivity contribution in [1.29, 1.82) is 0 Å². The lowest BCUT2D eigenvalue weighted by Crippen LogP contribution is -2.44. The third-order valence-corrected chi connectivity index (χ3v) is 7.31. The Labute approximate surface area is 237 Å². The molecule has 0 unspecified atom stereocenters. The molecule has 4 aromatic heterocycles. The number of nitrogens with zero attached hydrogens (tertiary/aromatic N) is 8. The Bertz CT molecular complexity index is 1810. The Morgan fingerprint density at radius 3 is 2.59 bits per heavy atom. The van der Waals surface area contributed by atoms with E-state index in [2.05, 4.69) is 50.8 Å². The number of fused-ring (bicyclic) bond motifs is 2. The molecule has 0 spiro atoms. The fourth-order valence-electron chi connectivity index (χ4n) is 5.02. The average molecular weight is 552 g/mol. The van der Waals surface area contributed by atoms with Gasteiger partial charge in [-0.05, 0) is 63.4 Å². The van der Waals surface area contributed by atoms with E-state index in [1.807, 2.05) is 18.2 Å². The lowest BCUT2D eigenvalue weighted by atomic mass is 10.1. The van der Waals surface area contributed by atoms with Crippen molar-refractivity contribution >= 4 is 39.4 Å². The van der Waals surface area contributed by atoms with E-state index < -0.39 is 5.60 Å². The molecule has 0 radical (unpaired) electrons. The molecule has 0 atom stereocenters. The van der Waals surface area contributed by atoms with Crippen LogP contribution in [0.5, 0.6) is 0 Å². The van der Waals surface area contributed by atoms with Crippen molar-refractivity contribution < 1.29 is 5.11 Å². The van der Waals surface area contributed by atoms with Gasteiger partial charge in [0, 0.05) is 43.4 Å². The lowest BCUT2D eigenvalue weighted by Gasteiger charge is -2.33. The average Bonchev–Trinajstić information content (AvgIpc) is 3.23. The van der Waals surface area contributed by atoms with Gasteiger partial charge in [0.25, 0.3) is 5.56 Å². The normalized spacial score (nSPS) is 14.6. The monoisotopic (exact) mass is 551 g/mol. The predicted octanol–water partition coefficient (Wildman–Crippen LogP) is 3.43. The number of hydrogen-bond acceptors (Lipinski definition) is 9. The maximum absolute atomic E-state index is 13.3. The molecular formula is C30H33N9O2. The summed E-state index contributed by atoms with van der Waals surface area (Å²) in [6.45, 7) is 11.4. The number of rotatable bonds is 7. The highest BCUT2D eigenvalue weighted by Crippen LogP contribution is 2.25. The molecule has 0 aliphatic carbocycles. The molecule has 0 bridgehead atoms. The van der Waals surface area contributed by atoms with Gasteiger partial charge in [0.2, 0.25) is 5.95 Å². The van der Waals surface area contributed by atoms with Gasteiger partial charge in [-0.15, -0.1) is 6.58 Å². The Morgan fingerprint density at radius 2 is 1.83 bits per heavy atom. The second-order valence-corrected chi connectivity index (χ2v) is 10.9. The number of piperazine rings is 1. The van der Waals surface area contributed by atoms with Crippen molar-refractivity contribution in [3.63, 3.8) is 0 Å². The van der Waals surface area contributed by atoms with E-state index in [0.29, 0.717) is 28.5 Å². The number of benzene rings is 1. The predicted molar refractivity (Wildman–Crippen MR) is 161 cm³/mol. The zero-order valence-corrected chi connectivity index (χ0v) is 23.4. The SMILES string of the molecule is C=CCn1c(=O)c2cnc(Nc3ccc4nc(N5CCN(C)CC5)ccc4c3)nc2n1-c1cccc(C(C)(C)O)n1. The minimum absolute atomic E-state index is 0.250. The van der Waals surface area contributed by atoms with Crippen molar-refractivity contribution in [2.75, 3.05) is 43.4 Å². The van der Waals surface area contributed by atoms with Crippen LogP contribution < -0.4 is 15.8 Å². The third kappa shape index (κ3) is 5.17. The van der Waals surface area contributed by atoms with Crippen molar-refractivity contribution in [2.45, 2.75) is 26.0 Å². The first kappa shape index (κ1) is 26.6. The van der Waals surface area contributed by atoms with Crippen molar-refractivity contribution in [3.05, 3.63) is 83.4 Å². The third-order valence-electron chi connectivity index (χ3n) is 7.31. The second-order valence-electron chi connectivity index (χ2n) is 10.9. The lowest BCUT2D eigenvalue weighted by molar-refractivity contribution is 0.0738. The molecule has 0 amide bonds. The molecule has 5 aromatic rings. The zero-order valence-electron chi connectivity index (χ0n) is 23.4. The summed E-state index contributed by atoms with van der Waals surface area (Å²) in [6, 6.07) is 15.4. The summed E-state index contributed by atoms with van der Waals surface area (Å²) in [7, 11) is 2.14. The standard InChI is InChI=1S/C30H33N9O2/c1-5-13-38-28(40)22-19-31-29(35-27(22)39(38)26-8-6-7-24(34-26)30(2,3)41)32-21-10-11-23-20(18-21)9-12-25(33-23)37-16-14-36(4)15-17-37/h5-12,18-19,41H,1,13-17H2,2-4H3,(H,31,32,35). The van der Waals surface area contributed by atoms with Crippen LogP contribution in [0.2, 0.25) is 0 Å². The molecule has 11 heteroatoms. The first-order valence-corrected chi connectivity index (χ1v) is 13.6. The molecule has 1 aliphatic rings. The molecule has 41 heavy (non-hydrogen) atoms. The Kier molecular flexibility index (Phi) is 6.76. The molecule has 11 nitrogen and oxygen atoms in total. The summed E-state index contributed by atoms with van der Waals surface area (Å²) >= 11 is 0. The Balaban J connectivity index is 1.35. The first-order chi connectivity index (χ1) is 19.7. The summed E-state index contributed by atoms with van der Waals surface area (Å²) in [5, 5.41) is 15.1. The number of allylic oxidation sites excluding steroid dienone is 1. The van der Waals surface area contributed by atoms with E-state index in [-0.39, 0.29) is 12.1 Å². The number of anilines is 3. The minimum atomic E-state index is -1.15. The zero-order chi connectivity index (χ0) is 28.7. The number of likely N-dealkylation sites (N-methyl/N-ethyl adjacent to an activating group) is 1. The van der Waals surface area contributed by atoms with E-state index in [9.17, 15) is 9.90 Å². The van der Waals surface area contributed by atoms with Gasteiger partial charge < -0.3 is 20.2 Å². The van der Waals surface area contributed by atoms with Crippen molar-refractivity contribution in [2.24, 2.45) is 0 Å². The molecule has 1 fully saturated rings. The fourth-order valence-corrected chi connectivity index (χ4v) is 5.02. The smallest absolute Gasteiger partial charge is 0.278 e.